The standard InChI is InChI=1S/C9H10F10OP/c1-2-3-4-5-21(20,8(16,17)6(10,11)12)9(18,19)7(13,14)15/h2,20H,1,3-5H2/q+1. The highest BCUT2D eigenvalue weighted by Crippen LogP contribution is 2.82. The monoisotopic (exact) mass is 355 g/mol. The molecule has 1 nitrogen and oxygen atoms in total. The van der Waals surface area contributed by atoms with Crippen molar-refractivity contribution in [2.45, 2.75) is 36.5 Å². The van der Waals surface area contributed by atoms with E-state index in [1.165, 1.54) is 0 Å². The molecule has 0 radical (unpaired) electrons. The van der Waals surface area contributed by atoms with Crippen LogP contribution in [0, 0.1) is 0 Å². The van der Waals surface area contributed by atoms with E-state index >= 15 is 0 Å². The molecule has 0 aliphatic carbocycles. The van der Waals surface area contributed by atoms with Crippen LogP contribution in [0.2, 0.25) is 0 Å². The number of unbranched alkanes of at least 4 members (excludes halogenated alkanes) is 1. The summed E-state index contributed by atoms with van der Waals surface area (Å²) in [6.07, 6.45) is -15.9. The van der Waals surface area contributed by atoms with Crippen LogP contribution in [-0.2, 0) is 0 Å². The van der Waals surface area contributed by atoms with Crippen molar-refractivity contribution in [2.24, 2.45) is 0 Å². The predicted molar refractivity (Wildman–Crippen MR) is 55.4 cm³/mol. The van der Waals surface area contributed by atoms with Gasteiger partial charge in [-0.25, -0.2) is 4.89 Å². The van der Waals surface area contributed by atoms with Gasteiger partial charge in [0.25, 0.3) is 0 Å². The van der Waals surface area contributed by atoms with Crippen molar-refractivity contribution in [3.8, 4) is 0 Å². The summed E-state index contributed by atoms with van der Waals surface area (Å²) in [5.74, 6) is 0. The molecule has 0 rings (SSSR count). The Morgan fingerprint density at radius 1 is 0.810 bits per heavy atom. The molecule has 0 saturated heterocycles. The van der Waals surface area contributed by atoms with E-state index < -0.39 is 50.2 Å². The van der Waals surface area contributed by atoms with Crippen LogP contribution in [0.5, 0.6) is 0 Å². The molecule has 0 saturated carbocycles. The van der Waals surface area contributed by atoms with E-state index in [1.807, 2.05) is 0 Å². The van der Waals surface area contributed by atoms with Gasteiger partial charge in [0.05, 0.1) is 6.16 Å². The predicted octanol–water partition coefficient (Wildman–Crippen LogP) is 5.19. The van der Waals surface area contributed by atoms with Crippen molar-refractivity contribution in [2.75, 3.05) is 6.16 Å². The molecule has 0 aliphatic rings. The van der Waals surface area contributed by atoms with Crippen LogP contribution in [0.15, 0.2) is 12.7 Å². The lowest BCUT2D eigenvalue weighted by Crippen LogP contribution is -2.51. The second-order valence-corrected chi connectivity index (χ2v) is 7.11. The fraction of sp³-hybridized carbons (Fsp3) is 0.778. The average Bonchev–Trinajstić information content (AvgIpc) is 2.25. The van der Waals surface area contributed by atoms with Gasteiger partial charge in [-0.2, -0.15) is 43.9 Å². The van der Waals surface area contributed by atoms with Gasteiger partial charge in [0.1, 0.15) is 0 Å². The fourth-order valence-electron chi connectivity index (χ4n) is 1.34. The first kappa shape index (κ1) is 20.4. The Morgan fingerprint density at radius 3 is 1.38 bits per heavy atom. The van der Waals surface area contributed by atoms with E-state index in [-0.39, 0.29) is 0 Å². The molecule has 126 valence electrons. The first-order chi connectivity index (χ1) is 9.06. The normalized spacial score (nSPS) is 15.2. The van der Waals surface area contributed by atoms with Gasteiger partial charge in [0.15, 0.2) is 0 Å². The van der Waals surface area contributed by atoms with Crippen molar-refractivity contribution in [1.29, 1.82) is 0 Å². The minimum Gasteiger partial charge on any atom is -0.238 e. The molecule has 0 unspecified atom stereocenters. The maximum absolute atomic E-state index is 13.1. The van der Waals surface area contributed by atoms with E-state index in [2.05, 4.69) is 6.58 Å². The van der Waals surface area contributed by atoms with E-state index in [0.717, 1.165) is 6.08 Å². The van der Waals surface area contributed by atoms with Gasteiger partial charge in [-0.05, 0) is 12.8 Å². The summed E-state index contributed by atoms with van der Waals surface area (Å²) >= 11 is 0. The Bertz CT molecular complexity index is 346. The number of hydrogen-bond acceptors (Lipinski definition) is 1. The molecule has 0 heterocycles. The first-order valence-electron chi connectivity index (χ1n) is 5.17. The highest BCUT2D eigenvalue weighted by molar-refractivity contribution is 7.72. The second kappa shape index (κ2) is 5.91. The van der Waals surface area contributed by atoms with Gasteiger partial charge in [0, 0.05) is 0 Å². The summed E-state index contributed by atoms with van der Waals surface area (Å²) in [6, 6.07) is 0. The van der Waals surface area contributed by atoms with Gasteiger partial charge >= 0.3 is 31.2 Å². The highest BCUT2D eigenvalue weighted by Gasteiger charge is 2.91. The summed E-state index contributed by atoms with van der Waals surface area (Å²) in [4.78, 5) is 9.10. The molecule has 0 fully saturated rings. The van der Waals surface area contributed by atoms with Gasteiger partial charge in [0.2, 0.25) is 0 Å². The molecule has 1 N–H and O–H groups in total. The Balaban J connectivity index is 5.98. The van der Waals surface area contributed by atoms with Gasteiger partial charge < -0.3 is 0 Å². The largest absolute Gasteiger partial charge is 0.496 e. The maximum atomic E-state index is 13.1. The Kier molecular flexibility index (Phi) is 5.75. The molecule has 0 atom stereocenters. The molecule has 0 aromatic rings. The van der Waals surface area contributed by atoms with E-state index in [9.17, 15) is 43.9 Å². The van der Waals surface area contributed by atoms with Gasteiger partial charge in [-0.3, -0.25) is 0 Å². The molecule has 0 spiro atoms. The summed E-state index contributed by atoms with van der Waals surface area (Å²) in [5, 5.41) is 0. The van der Waals surface area contributed by atoms with E-state index in [4.69, 9.17) is 4.89 Å². The number of halogens is 10. The molecule has 0 aromatic heterocycles. The molecule has 0 amide bonds. The zero-order chi connectivity index (χ0) is 17.3. The number of alkyl halides is 10. The van der Waals surface area contributed by atoms with Crippen LogP contribution in [0.25, 0.3) is 0 Å². The molecule has 0 aliphatic heterocycles. The van der Waals surface area contributed by atoms with Gasteiger partial charge in [-0.1, -0.05) is 6.08 Å². The van der Waals surface area contributed by atoms with E-state index in [0.29, 0.717) is 0 Å². The molecular formula is C9H10F10OP+. The third-order valence-corrected chi connectivity index (χ3v) is 5.83. The van der Waals surface area contributed by atoms with Crippen molar-refractivity contribution in [1.82, 2.24) is 0 Å². The Morgan fingerprint density at radius 2 is 1.14 bits per heavy atom. The van der Waals surface area contributed by atoms with Crippen LogP contribution in [-0.4, -0.2) is 34.7 Å². The number of hydrogen-bond donors (Lipinski definition) is 1. The zero-order valence-electron chi connectivity index (χ0n) is 10.1. The smallest absolute Gasteiger partial charge is 0.238 e. The second-order valence-electron chi connectivity index (χ2n) is 4.00. The van der Waals surface area contributed by atoms with Crippen molar-refractivity contribution >= 4 is 7.49 Å². The summed E-state index contributed by atoms with van der Waals surface area (Å²) in [7, 11) is -7.11. The SMILES string of the molecule is C=CCCC[P+](O)(C(F)(F)C(F)(F)F)C(F)(F)C(F)(F)F. The third-order valence-electron chi connectivity index (χ3n) is 2.50. The number of allylic oxidation sites excluding steroid dienone is 1. The lowest BCUT2D eigenvalue weighted by Gasteiger charge is -2.34. The molecule has 21 heavy (non-hydrogen) atoms. The minimum atomic E-state index is -7.11. The van der Waals surface area contributed by atoms with Crippen molar-refractivity contribution in [3.05, 3.63) is 12.7 Å². The molecule has 0 aromatic carbocycles. The quantitative estimate of drug-likeness (QED) is 0.301. The van der Waals surface area contributed by atoms with Gasteiger partial charge in [-0.15, -0.1) is 6.58 Å². The van der Waals surface area contributed by atoms with Crippen molar-refractivity contribution < 1.29 is 48.8 Å². The summed E-state index contributed by atoms with van der Waals surface area (Å²) < 4.78 is 125. The minimum absolute atomic E-state index is 0.413. The van der Waals surface area contributed by atoms with Crippen molar-refractivity contribution in [3.63, 3.8) is 0 Å². The van der Waals surface area contributed by atoms with Crippen LogP contribution in [0.1, 0.15) is 12.8 Å². The van der Waals surface area contributed by atoms with Crippen LogP contribution >= 0.6 is 7.49 Å². The van der Waals surface area contributed by atoms with Crippen LogP contribution in [0.3, 0.4) is 0 Å². The average molecular weight is 355 g/mol. The molecule has 0 bridgehead atoms. The Labute approximate surface area is 113 Å². The van der Waals surface area contributed by atoms with Crippen LogP contribution < -0.4 is 0 Å². The summed E-state index contributed by atoms with van der Waals surface area (Å²) in [6.45, 7) is 3.01. The lowest BCUT2D eigenvalue weighted by molar-refractivity contribution is -0.269. The Hall–Kier alpha value is -0.570. The summed E-state index contributed by atoms with van der Waals surface area (Å²) in [5.41, 5.74) is -13.1. The molecule has 12 heteroatoms. The fourth-order valence-corrected chi connectivity index (χ4v) is 3.73. The first-order valence-corrected chi connectivity index (χ1v) is 7.10. The zero-order valence-corrected chi connectivity index (χ0v) is 11.0. The van der Waals surface area contributed by atoms with Crippen LogP contribution in [0.4, 0.5) is 43.9 Å². The number of rotatable bonds is 6. The van der Waals surface area contributed by atoms with E-state index in [1.54, 1.807) is 0 Å². The maximum Gasteiger partial charge on any atom is 0.496 e. The third kappa shape index (κ3) is 3.44. The topological polar surface area (TPSA) is 20.2 Å². The molecular weight excluding hydrogens is 345 g/mol. The lowest BCUT2D eigenvalue weighted by atomic mass is 10.3. The highest BCUT2D eigenvalue weighted by atomic mass is 31.2.